The molecule has 1 heterocycles. The number of amides is 1. The summed E-state index contributed by atoms with van der Waals surface area (Å²) in [6, 6.07) is 3.44. The maximum atomic E-state index is 10.4. The van der Waals surface area contributed by atoms with Crippen LogP contribution in [0.2, 0.25) is 0 Å². The van der Waals surface area contributed by atoms with Crippen LogP contribution in [0.1, 0.15) is 12.6 Å². The molecule has 0 aromatic carbocycles. The van der Waals surface area contributed by atoms with E-state index >= 15 is 0 Å². The minimum atomic E-state index is -0.105. The molecule has 11 heavy (non-hydrogen) atoms. The molecule has 0 radical (unpaired) electrons. The molecule has 0 aliphatic carbocycles. The van der Waals surface area contributed by atoms with Gasteiger partial charge in [-0.15, -0.1) is 0 Å². The monoisotopic (exact) mass is 154 g/mol. The van der Waals surface area contributed by atoms with Crippen LogP contribution in [0.4, 0.5) is 0 Å². The lowest BCUT2D eigenvalue weighted by Gasteiger charge is -2.01. The van der Waals surface area contributed by atoms with Crippen molar-refractivity contribution in [2.24, 2.45) is 0 Å². The van der Waals surface area contributed by atoms with Crippen LogP contribution in [0, 0.1) is 0 Å². The Kier molecular flexibility index (Phi) is 2.15. The zero-order valence-corrected chi connectivity index (χ0v) is 6.24. The van der Waals surface area contributed by atoms with Crippen LogP contribution in [0.3, 0.4) is 0 Å². The van der Waals surface area contributed by atoms with Gasteiger partial charge in [-0.1, -0.05) is 0 Å². The highest BCUT2D eigenvalue weighted by Crippen LogP contribution is 1.97. The van der Waals surface area contributed by atoms with Gasteiger partial charge in [0.2, 0.25) is 5.91 Å². The van der Waals surface area contributed by atoms with Crippen LogP contribution in [0.5, 0.6) is 0 Å². The molecule has 0 aliphatic rings. The zero-order chi connectivity index (χ0) is 8.27. The zero-order valence-electron chi connectivity index (χ0n) is 6.24. The first-order chi connectivity index (χ1) is 5.20. The van der Waals surface area contributed by atoms with Crippen molar-refractivity contribution in [3.8, 4) is 0 Å². The largest absolute Gasteiger partial charge is 0.429 e. The first kappa shape index (κ1) is 7.65. The third-order valence-corrected chi connectivity index (χ3v) is 1.33. The van der Waals surface area contributed by atoms with Gasteiger partial charge >= 0.3 is 0 Å². The van der Waals surface area contributed by atoms with Gasteiger partial charge in [-0.2, -0.15) is 4.73 Å². The quantitative estimate of drug-likeness (QED) is 0.604. The van der Waals surface area contributed by atoms with Crippen LogP contribution in [-0.2, 0) is 11.3 Å². The van der Waals surface area contributed by atoms with Gasteiger partial charge in [0.05, 0.1) is 12.2 Å². The van der Waals surface area contributed by atoms with Crippen LogP contribution in [-0.4, -0.2) is 15.8 Å². The predicted molar refractivity (Wildman–Crippen MR) is 39.1 cm³/mol. The molecule has 1 rings (SSSR count). The number of aromatic nitrogens is 1. The average molecular weight is 154 g/mol. The lowest BCUT2D eigenvalue weighted by molar-refractivity contribution is -0.119. The molecule has 0 bridgehead atoms. The number of rotatable bonds is 2. The molecular formula is C7H10N2O2. The molecule has 2 N–H and O–H groups in total. The molecule has 4 heteroatoms. The number of carbonyl (C=O) groups excluding carboxylic acids is 1. The Hall–Kier alpha value is -1.45. The van der Waals surface area contributed by atoms with E-state index in [4.69, 9.17) is 5.21 Å². The number of carbonyl (C=O) groups is 1. The van der Waals surface area contributed by atoms with Gasteiger partial charge in [-0.05, 0) is 12.1 Å². The number of hydrogen-bond acceptors (Lipinski definition) is 2. The summed E-state index contributed by atoms with van der Waals surface area (Å²) >= 11 is 0. The van der Waals surface area contributed by atoms with Gasteiger partial charge in [0.25, 0.3) is 0 Å². The first-order valence-electron chi connectivity index (χ1n) is 3.30. The molecule has 0 unspecified atom stereocenters. The fourth-order valence-corrected chi connectivity index (χ4v) is 0.763. The molecule has 0 fully saturated rings. The highest BCUT2D eigenvalue weighted by Gasteiger charge is 1.98. The molecule has 1 aromatic heterocycles. The van der Waals surface area contributed by atoms with Gasteiger partial charge in [-0.3, -0.25) is 4.79 Å². The maximum Gasteiger partial charge on any atom is 0.217 e. The highest BCUT2D eigenvalue weighted by molar-refractivity contribution is 5.72. The molecule has 0 saturated heterocycles. The van der Waals surface area contributed by atoms with E-state index in [2.05, 4.69) is 5.32 Å². The molecule has 0 saturated carbocycles. The van der Waals surface area contributed by atoms with Gasteiger partial charge in [-0.25, -0.2) is 0 Å². The number of hydrogen-bond donors (Lipinski definition) is 2. The smallest absolute Gasteiger partial charge is 0.217 e. The van der Waals surface area contributed by atoms with Crippen molar-refractivity contribution in [1.82, 2.24) is 10.0 Å². The topological polar surface area (TPSA) is 54.3 Å². The molecule has 4 nitrogen and oxygen atoms in total. The minimum Gasteiger partial charge on any atom is -0.429 e. The summed E-state index contributed by atoms with van der Waals surface area (Å²) in [6.45, 7) is 1.80. The van der Waals surface area contributed by atoms with Crippen LogP contribution >= 0.6 is 0 Å². The van der Waals surface area contributed by atoms with E-state index in [1.165, 1.54) is 13.1 Å². The van der Waals surface area contributed by atoms with Gasteiger partial charge < -0.3 is 10.5 Å². The average Bonchev–Trinajstić information content (AvgIpc) is 2.31. The molecule has 0 atom stereocenters. The Morgan fingerprint density at radius 1 is 1.82 bits per heavy atom. The summed E-state index contributed by atoms with van der Waals surface area (Å²) in [5.74, 6) is -0.105. The second-order valence-electron chi connectivity index (χ2n) is 2.25. The van der Waals surface area contributed by atoms with Crippen LogP contribution in [0.15, 0.2) is 18.3 Å². The minimum absolute atomic E-state index is 0.105. The first-order valence-corrected chi connectivity index (χ1v) is 3.30. The van der Waals surface area contributed by atoms with E-state index in [-0.39, 0.29) is 5.91 Å². The molecule has 0 spiro atoms. The van der Waals surface area contributed by atoms with Crippen molar-refractivity contribution in [3.05, 3.63) is 24.0 Å². The van der Waals surface area contributed by atoms with E-state index in [1.807, 2.05) is 0 Å². The summed E-state index contributed by atoms with van der Waals surface area (Å²) in [5.41, 5.74) is 0.667. The standard InChI is InChI=1S/C7H10N2O2/c1-6(10)8-5-7-3-2-4-9(7)11/h2-4,11H,5H2,1H3,(H,8,10). The summed E-state index contributed by atoms with van der Waals surface area (Å²) in [7, 11) is 0. The van der Waals surface area contributed by atoms with Crippen molar-refractivity contribution in [1.29, 1.82) is 0 Å². The maximum absolute atomic E-state index is 10.4. The Morgan fingerprint density at radius 2 is 2.55 bits per heavy atom. The lowest BCUT2D eigenvalue weighted by Crippen LogP contribution is -2.20. The molecular weight excluding hydrogens is 144 g/mol. The summed E-state index contributed by atoms with van der Waals surface area (Å²) in [5, 5.41) is 11.6. The van der Waals surface area contributed by atoms with E-state index in [1.54, 1.807) is 12.1 Å². The highest BCUT2D eigenvalue weighted by atomic mass is 16.5. The van der Waals surface area contributed by atoms with Crippen molar-refractivity contribution in [2.45, 2.75) is 13.5 Å². The van der Waals surface area contributed by atoms with E-state index in [0.717, 1.165) is 4.73 Å². The second-order valence-corrected chi connectivity index (χ2v) is 2.25. The molecule has 1 aromatic rings. The third-order valence-electron chi connectivity index (χ3n) is 1.33. The SMILES string of the molecule is CC(=O)NCc1cccn1O. The van der Waals surface area contributed by atoms with Gasteiger partial charge in [0.1, 0.15) is 0 Å². The Bertz CT molecular complexity index is 255. The van der Waals surface area contributed by atoms with Gasteiger partial charge in [0, 0.05) is 13.1 Å². The second kappa shape index (κ2) is 3.09. The normalized spacial score (nSPS) is 9.55. The van der Waals surface area contributed by atoms with E-state index in [9.17, 15) is 4.79 Å². The van der Waals surface area contributed by atoms with Crippen molar-refractivity contribution >= 4 is 5.91 Å². The van der Waals surface area contributed by atoms with Crippen LogP contribution in [0.25, 0.3) is 0 Å². The number of nitrogens with one attached hydrogen (secondary N) is 1. The van der Waals surface area contributed by atoms with Crippen molar-refractivity contribution in [3.63, 3.8) is 0 Å². The van der Waals surface area contributed by atoms with E-state index in [0.29, 0.717) is 12.2 Å². The Labute approximate surface area is 64.4 Å². The predicted octanol–water partition coefficient (Wildman–Crippen LogP) is 0.362. The van der Waals surface area contributed by atoms with Crippen LogP contribution < -0.4 is 5.32 Å². The lowest BCUT2D eigenvalue weighted by atomic mass is 10.4. The number of nitrogens with zero attached hydrogens (tertiary/aromatic N) is 1. The van der Waals surface area contributed by atoms with E-state index < -0.39 is 0 Å². The van der Waals surface area contributed by atoms with Crippen molar-refractivity contribution < 1.29 is 10.0 Å². The Balaban J connectivity index is 2.51. The molecule has 0 aliphatic heterocycles. The fourth-order valence-electron chi connectivity index (χ4n) is 0.763. The van der Waals surface area contributed by atoms with Crippen molar-refractivity contribution in [2.75, 3.05) is 0 Å². The Morgan fingerprint density at radius 3 is 3.00 bits per heavy atom. The molecule has 1 amide bonds. The van der Waals surface area contributed by atoms with Gasteiger partial charge in [0.15, 0.2) is 0 Å². The summed E-state index contributed by atoms with van der Waals surface area (Å²) < 4.78 is 0.982. The molecule has 60 valence electrons. The summed E-state index contributed by atoms with van der Waals surface area (Å²) in [6.07, 6.45) is 1.51. The fraction of sp³-hybridized carbons (Fsp3) is 0.286. The third kappa shape index (κ3) is 2.00. The summed E-state index contributed by atoms with van der Waals surface area (Å²) in [4.78, 5) is 10.4.